The van der Waals surface area contributed by atoms with Crippen LogP contribution < -0.4 is 10.1 Å². The molecule has 2 rings (SSSR count). The maximum absolute atomic E-state index is 12.0. The second kappa shape index (κ2) is 16.0. The summed E-state index contributed by atoms with van der Waals surface area (Å²) in [7, 11) is 0. The van der Waals surface area contributed by atoms with Crippen LogP contribution in [0.15, 0.2) is 36.4 Å². The van der Waals surface area contributed by atoms with Crippen molar-refractivity contribution in [3.63, 3.8) is 0 Å². The van der Waals surface area contributed by atoms with Crippen molar-refractivity contribution in [2.24, 2.45) is 11.3 Å². The number of hydrogen-bond donors (Lipinski definition) is 3. The van der Waals surface area contributed by atoms with Crippen molar-refractivity contribution >= 4 is 11.9 Å². The molecule has 0 radical (unpaired) electrons. The highest BCUT2D eigenvalue weighted by Gasteiger charge is 2.31. The van der Waals surface area contributed by atoms with Crippen molar-refractivity contribution in [2.75, 3.05) is 6.61 Å². The summed E-state index contributed by atoms with van der Waals surface area (Å²) in [6, 6.07) is 11.9. The van der Waals surface area contributed by atoms with Crippen LogP contribution >= 0.6 is 0 Å². The lowest BCUT2D eigenvalue weighted by Crippen LogP contribution is -2.40. The molecule has 2 atom stereocenters. The number of nitrogens with one attached hydrogen (secondary N) is 1. The highest BCUT2D eigenvalue weighted by Crippen LogP contribution is 2.41. The molecule has 1 amide bonds. The number of ether oxygens (including phenoxy) is 1. The minimum absolute atomic E-state index is 0.123. The van der Waals surface area contributed by atoms with Crippen LogP contribution in [0.4, 0.5) is 0 Å². The molecule has 41 heavy (non-hydrogen) atoms. The van der Waals surface area contributed by atoms with Crippen LogP contribution in [0.1, 0.15) is 109 Å². The number of amides is 1. The fraction of sp³-hybridized carbons (Fsp3) is 0.600. The van der Waals surface area contributed by atoms with Crippen molar-refractivity contribution in [3.05, 3.63) is 64.2 Å². The zero-order valence-corrected chi connectivity index (χ0v) is 27.4. The molecule has 0 aliphatic heterocycles. The fourth-order valence-electron chi connectivity index (χ4n) is 4.83. The van der Waals surface area contributed by atoms with Crippen molar-refractivity contribution in [3.8, 4) is 5.75 Å². The molecule has 3 N–H and O–H groups in total. The van der Waals surface area contributed by atoms with E-state index in [1.165, 1.54) is 29.2 Å². The molecular formula is C35H55NO5. The zero-order valence-electron chi connectivity index (χ0n) is 27.4. The smallest absolute Gasteiger partial charge is 0.325 e. The Morgan fingerprint density at radius 3 is 1.85 bits per heavy atom. The lowest BCUT2D eigenvalue weighted by molar-refractivity contribution is -0.141. The van der Waals surface area contributed by atoms with Crippen LogP contribution in [0.2, 0.25) is 0 Å². The van der Waals surface area contributed by atoms with E-state index >= 15 is 0 Å². The van der Waals surface area contributed by atoms with Crippen LogP contribution in [0.25, 0.3) is 0 Å². The number of carbonyl (C=O) groups is 2. The number of rotatable bonds is 12. The first-order valence-electron chi connectivity index (χ1n) is 15.0. The number of hydrogen-bond acceptors (Lipinski definition) is 4. The Bertz CT molecular complexity index is 1130. The van der Waals surface area contributed by atoms with E-state index in [-0.39, 0.29) is 23.5 Å². The molecule has 0 bridgehead atoms. The van der Waals surface area contributed by atoms with E-state index in [2.05, 4.69) is 98.0 Å². The van der Waals surface area contributed by atoms with Gasteiger partial charge in [-0.3, -0.25) is 9.59 Å². The van der Waals surface area contributed by atoms with Gasteiger partial charge in [0.05, 0.1) is 6.10 Å². The summed E-state index contributed by atoms with van der Waals surface area (Å²) in [6.45, 7) is 22.4. The third-order valence-electron chi connectivity index (χ3n) is 7.62. The van der Waals surface area contributed by atoms with Gasteiger partial charge in [0.2, 0.25) is 0 Å². The lowest BCUT2D eigenvalue weighted by Gasteiger charge is -2.34. The van der Waals surface area contributed by atoms with Gasteiger partial charge in [-0.2, -0.15) is 0 Å². The molecular weight excluding hydrogens is 514 g/mol. The van der Waals surface area contributed by atoms with Crippen molar-refractivity contribution in [2.45, 2.75) is 119 Å². The van der Waals surface area contributed by atoms with E-state index in [9.17, 15) is 14.7 Å². The Labute approximate surface area is 248 Å². The van der Waals surface area contributed by atoms with Gasteiger partial charge in [-0.25, -0.2) is 0 Å². The summed E-state index contributed by atoms with van der Waals surface area (Å²) in [5, 5.41) is 21.8. The maximum atomic E-state index is 12.0. The Kier molecular flexibility index (Phi) is 14.1. The molecule has 2 aromatic rings. The molecule has 2 aromatic carbocycles. The predicted octanol–water partition coefficient (Wildman–Crippen LogP) is 7.38. The number of benzene rings is 2. The lowest BCUT2D eigenvalue weighted by atomic mass is 9.69. The van der Waals surface area contributed by atoms with Gasteiger partial charge in [-0.1, -0.05) is 85.7 Å². The Morgan fingerprint density at radius 1 is 0.902 bits per heavy atom. The predicted molar refractivity (Wildman–Crippen MR) is 169 cm³/mol. The van der Waals surface area contributed by atoms with E-state index in [1.54, 1.807) is 0 Å². The summed E-state index contributed by atoms with van der Waals surface area (Å²) in [5.41, 5.74) is 5.61. The van der Waals surface area contributed by atoms with E-state index in [4.69, 9.17) is 9.84 Å². The highest BCUT2D eigenvalue weighted by atomic mass is 16.5. The van der Waals surface area contributed by atoms with Gasteiger partial charge in [-0.15, -0.1) is 0 Å². The summed E-state index contributed by atoms with van der Waals surface area (Å²) in [4.78, 5) is 23.0. The average Bonchev–Trinajstić information content (AvgIpc) is 2.87. The third-order valence-corrected chi connectivity index (χ3v) is 7.62. The highest BCUT2D eigenvalue weighted by molar-refractivity contribution is 5.84. The first-order valence-corrected chi connectivity index (χ1v) is 15.0. The number of carboxylic acids is 1. The Hall–Kier alpha value is -2.86. The molecule has 230 valence electrons. The number of carboxylic acid groups (broad SMARTS) is 1. The largest absolute Gasteiger partial charge is 0.484 e. The standard InChI is InChI=1S/C31H45NO5.C4H10/c1-9-31(10-2,24-13-11-23(20(3)17-24)12-16-27(33)30(6,7)8)25-14-15-26(21(4)18-25)37-19-28(34)32-22(5)29(35)36;1-4(2)3/h11,13-15,17-18,22,27,33H,9-10,12,16,19H2,1-8H3,(H,32,34)(H,35,36);4H,1-3H3/t22-,27?;/m0./s1. The molecule has 0 aliphatic carbocycles. The Morgan fingerprint density at radius 2 is 1.41 bits per heavy atom. The number of aliphatic hydroxyl groups is 1. The molecule has 0 saturated carbocycles. The second-order valence-electron chi connectivity index (χ2n) is 13.0. The van der Waals surface area contributed by atoms with Crippen LogP contribution in [-0.2, 0) is 21.4 Å². The normalized spacial score (nSPS) is 13.2. The Balaban J connectivity index is 0.00000196. The summed E-state index contributed by atoms with van der Waals surface area (Å²) < 4.78 is 5.70. The first-order chi connectivity index (χ1) is 19.0. The first kappa shape index (κ1) is 36.2. The summed E-state index contributed by atoms with van der Waals surface area (Å²) >= 11 is 0. The van der Waals surface area contributed by atoms with Crippen molar-refractivity contribution < 1.29 is 24.5 Å². The number of aliphatic carboxylic acids is 1. The average molecular weight is 570 g/mol. The van der Waals surface area contributed by atoms with Crippen molar-refractivity contribution in [1.82, 2.24) is 5.32 Å². The van der Waals surface area contributed by atoms with Crippen LogP contribution in [-0.4, -0.2) is 40.8 Å². The number of carbonyl (C=O) groups excluding carboxylic acids is 1. The van der Waals surface area contributed by atoms with Gasteiger partial charge in [0.15, 0.2) is 6.61 Å². The van der Waals surface area contributed by atoms with E-state index in [0.717, 1.165) is 37.2 Å². The molecule has 0 saturated heterocycles. The molecule has 1 unspecified atom stereocenters. The summed E-state index contributed by atoms with van der Waals surface area (Å²) in [6.07, 6.45) is 3.11. The SMILES string of the molecule is CC(C)C.CCC(CC)(c1ccc(CCC(O)C(C)(C)C)c(C)c1)c1ccc(OCC(=O)N[C@@H](C)C(=O)O)c(C)c1. The molecule has 0 fully saturated rings. The van der Waals surface area contributed by atoms with Gasteiger partial charge >= 0.3 is 5.97 Å². The molecule has 0 heterocycles. The van der Waals surface area contributed by atoms with Gasteiger partial charge in [0.1, 0.15) is 11.8 Å². The second-order valence-corrected chi connectivity index (χ2v) is 13.0. The molecule has 6 nitrogen and oxygen atoms in total. The quantitative estimate of drug-likeness (QED) is 0.248. The number of aliphatic hydroxyl groups excluding tert-OH is 1. The van der Waals surface area contributed by atoms with Crippen LogP contribution in [0.5, 0.6) is 5.75 Å². The van der Waals surface area contributed by atoms with Gasteiger partial charge < -0.3 is 20.3 Å². The van der Waals surface area contributed by atoms with Gasteiger partial charge in [-0.05, 0) is 91.7 Å². The maximum Gasteiger partial charge on any atom is 0.325 e. The fourth-order valence-corrected chi connectivity index (χ4v) is 4.83. The third kappa shape index (κ3) is 10.8. The number of aryl methyl sites for hydroxylation is 3. The topological polar surface area (TPSA) is 95.9 Å². The van der Waals surface area contributed by atoms with Gasteiger partial charge in [0.25, 0.3) is 5.91 Å². The zero-order chi connectivity index (χ0) is 31.5. The molecule has 0 aromatic heterocycles. The van der Waals surface area contributed by atoms with Crippen molar-refractivity contribution in [1.29, 1.82) is 0 Å². The van der Waals surface area contributed by atoms with E-state index < -0.39 is 17.9 Å². The van der Waals surface area contributed by atoms with Crippen LogP contribution in [0, 0.1) is 25.2 Å². The minimum Gasteiger partial charge on any atom is -0.484 e. The minimum atomic E-state index is -1.09. The molecule has 6 heteroatoms. The van der Waals surface area contributed by atoms with Gasteiger partial charge in [0, 0.05) is 5.41 Å². The van der Waals surface area contributed by atoms with E-state index in [1.807, 2.05) is 13.0 Å². The monoisotopic (exact) mass is 569 g/mol. The summed E-state index contributed by atoms with van der Waals surface area (Å²) in [5.74, 6) is -0.123. The van der Waals surface area contributed by atoms with Crippen LogP contribution in [0.3, 0.4) is 0 Å². The van der Waals surface area contributed by atoms with E-state index in [0.29, 0.717) is 5.75 Å². The molecule has 0 spiro atoms. The molecule has 0 aliphatic rings.